The number of hydrogen-bond acceptors (Lipinski definition) is 2. The summed E-state index contributed by atoms with van der Waals surface area (Å²) in [6.45, 7) is 0.603. The van der Waals surface area contributed by atoms with E-state index in [0.29, 0.717) is 18.7 Å². The number of nitrogens with zero attached hydrogens (tertiary/aromatic N) is 1. The Morgan fingerprint density at radius 1 is 1.09 bits per heavy atom. The van der Waals surface area contributed by atoms with Gasteiger partial charge in [-0.25, -0.2) is 4.79 Å². The Labute approximate surface area is 142 Å². The largest absolute Gasteiger partial charge is 0.326 e. The summed E-state index contributed by atoms with van der Waals surface area (Å²) >= 11 is 3.34. The Hall–Kier alpha value is -2.34. The van der Waals surface area contributed by atoms with Gasteiger partial charge in [-0.1, -0.05) is 34.1 Å². The predicted molar refractivity (Wildman–Crippen MR) is 93.5 cm³/mol. The van der Waals surface area contributed by atoms with E-state index in [1.807, 2.05) is 42.5 Å². The highest BCUT2D eigenvalue weighted by atomic mass is 79.9. The quantitative estimate of drug-likeness (QED) is 0.866. The molecule has 0 aromatic heterocycles. The molecule has 118 valence electrons. The van der Waals surface area contributed by atoms with Gasteiger partial charge in [-0.2, -0.15) is 0 Å². The molecular formula is C17H16BrN3O2. The second-order valence-corrected chi connectivity index (χ2v) is 6.19. The summed E-state index contributed by atoms with van der Waals surface area (Å²) < 4.78 is 0.938. The number of hydrogen-bond donors (Lipinski definition) is 2. The molecule has 1 fully saturated rings. The van der Waals surface area contributed by atoms with Gasteiger partial charge in [-0.3, -0.25) is 4.79 Å². The predicted octanol–water partition coefficient (Wildman–Crippen LogP) is 3.38. The van der Waals surface area contributed by atoms with Crippen LogP contribution < -0.4 is 15.5 Å². The van der Waals surface area contributed by atoms with Crippen LogP contribution in [0.5, 0.6) is 0 Å². The molecule has 1 saturated heterocycles. The standard InChI is InChI=1S/C17H16BrN3O2/c18-12-6-8-13(9-7-12)19-17(23)20-15-10-11-21(16(15)22)14-4-2-1-3-5-14/h1-9,15H,10-11H2,(H2,19,20,23)/t15-/m1/s1. The minimum Gasteiger partial charge on any atom is -0.326 e. The summed E-state index contributed by atoms with van der Waals surface area (Å²) in [4.78, 5) is 26.2. The van der Waals surface area contributed by atoms with E-state index in [-0.39, 0.29) is 11.9 Å². The van der Waals surface area contributed by atoms with E-state index in [0.717, 1.165) is 10.2 Å². The summed E-state index contributed by atoms with van der Waals surface area (Å²) in [5.41, 5.74) is 1.53. The fraction of sp³-hybridized carbons (Fsp3) is 0.176. The number of urea groups is 1. The topological polar surface area (TPSA) is 61.4 Å². The van der Waals surface area contributed by atoms with Crippen LogP contribution >= 0.6 is 15.9 Å². The normalized spacial score (nSPS) is 17.2. The van der Waals surface area contributed by atoms with Crippen LogP contribution in [0.4, 0.5) is 16.2 Å². The van der Waals surface area contributed by atoms with E-state index < -0.39 is 6.04 Å². The van der Waals surface area contributed by atoms with Crippen molar-refractivity contribution < 1.29 is 9.59 Å². The lowest BCUT2D eigenvalue weighted by Crippen LogP contribution is -2.43. The van der Waals surface area contributed by atoms with Crippen molar-refractivity contribution in [1.29, 1.82) is 0 Å². The van der Waals surface area contributed by atoms with Gasteiger partial charge in [0, 0.05) is 22.4 Å². The molecule has 2 aromatic carbocycles. The van der Waals surface area contributed by atoms with Crippen molar-refractivity contribution in [3.05, 3.63) is 59.1 Å². The Kier molecular flexibility index (Phi) is 4.62. The zero-order valence-electron chi connectivity index (χ0n) is 12.3. The molecule has 0 saturated carbocycles. The third-order valence-electron chi connectivity index (χ3n) is 3.68. The second kappa shape index (κ2) is 6.83. The lowest BCUT2D eigenvalue weighted by molar-refractivity contribution is -0.118. The van der Waals surface area contributed by atoms with E-state index in [9.17, 15) is 9.59 Å². The molecular weight excluding hydrogens is 358 g/mol. The Balaban J connectivity index is 1.59. The van der Waals surface area contributed by atoms with Crippen molar-refractivity contribution in [1.82, 2.24) is 5.32 Å². The summed E-state index contributed by atoms with van der Waals surface area (Å²) in [7, 11) is 0. The minimum absolute atomic E-state index is 0.0813. The van der Waals surface area contributed by atoms with Gasteiger partial charge >= 0.3 is 6.03 Å². The van der Waals surface area contributed by atoms with Crippen molar-refractivity contribution in [2.75, 3.05) is 16.8 Å². The SMILES string of the molecule is O=C(Nc1ccc(Br)cc1)N[C@@H]1CCN(c2ccccc2)C1=O. The number of benzene rings is 2. The maximum Gasteiger partial charge on any atom is 0.319 e. The summed E-state index contributed by atoms with van der Waals surface area (Å²) in [5, 5.41) is 5.47. The van der Waals surface area contributed by atoms with Gasteiger partial charge in [0.05, 0.1) is 0 Å². The van der Waals surface area contributed by atoms with Crippen LogP contribution in [0.1, 0.15) is 6.42 Å². The molecule has 0 radical (unpaired) electrons. The Morgan fingerprint density at radius 2 is 1.78 bits per heavy atom. The molecule has 0 bridgehead atoms. The van der Waals surface area contributed by atoms with Crippen molar-refractivity contribution in [3.8, 4) is 0 Å². The first-order valence-corrected chi connectivity index (χ1v) is 8.12. The number of carbonyl (C=O) groups is 2. The number of rotatable bonds is 3. The molecule has 3 amide bonds. The van der Waals surface area contributed by atoms with Gasteiger partial charge in [-0.15, -0.1) is 0 Å². The maximum absolute atomic E-state index is 12.4. The molecule has 1 aliphatic rings. The highest BCUT2D eigenvalue weighted by Gasteiger charge is 2.33. The average Bonchev–Trinajstić information content (AvgIpc) is 2.91. The van der Waals surface area contributed by atoms with Crippen LogP contribution in [0.3, 0.4) is 0 Å². The fourth-order valence-corrected chi connectivity index (χ4v) is 2.80. The first-order chi connectivity index (χ1) is 11.1. The smallest absolute Gasteiger partial charge is 0.319 e. The van der Waals surface area contributed by atoms with Gasteiger partial charge < -0.3 is 15.5 Å². The highest BCUT2D eigenvalue weighted by Crippen LogP contribution is 2.21. The fourth-order valence-electron chi connectivity index (χ4n) is 2.54. The Morgan fingerprint density at radius 3 is 2.48 bits per heavy atom. The highest BCUT2D eigenvalue weighted by molar-refractivity contribution is 9.10. The zero-order chi connectivity index (χ0) is 16.2. The Bertz CT molecular complexity index is 704. The molecule has 2 N–H and O–H groups in total. The molecule has 23 heavy (non-hydrogen) atoms. The van der Waals surface area contributed by atoms with Crippen LogP contribution in [0.15, 0.2) is 59.1 Å². The zero-order valence-corrected chi connectivity index (χ0v) is 13.9. The van der Waals surface area contributed by atoms with Crippen molar-refractivity contribution in [2.24, 2.45) is 0 Å². The lowest BCUT2D eigenvalue weighted by Gasteiger charge is -2.17. The first kappa shape index (κ1) is 15.6. The van der Waals surface area contributed by atoms with Crippen LogP contribution in [-0.4, -0.2) is 24.5 Å². The number of carbonyl (C=O) groups excluding carboxylic acids is 2. The maximum atomic E-state index is 12.4. The molecule has 1 atom stereocenters. The number of anilines is 2. The summed E-state index contributed by atoms with van der Waals surface area (Å²) in [6, 6.07) is 15.9. The summed E-state index contributed by atoms with van der Waals surface area (Å²) in [5.74, 6) is -0.0813. The number of halogens is 1. The monoisotopic (exact) mass is 373 g/mol. The van der Waals surface area contributed by atoms with Crippen LogP contribution in [-0.2, 0) is 4.79 Å². The lowest BCUT2D eigenvalue weighted by atomic mass is 10.2. The molecule has 5 nitrogen and oxygen atoms in total. The third kappa shape index (κ3) is 3.71. The van der Waals surface area contributed by atoms with Crippen molar-refractivity contribution in [3.63, 3.8) is 0 Å². The van der Waals surface area contributed by atoms with E-state index in [1.54, 1.807) is 17.0 Å². The number of nitrogens with one attached hydrogen (secondary N) is 2. The van der Waals surface area contributed by atoms with E-state index >= 15 is 0 Å². The molecule has 0 aliphatic carbocycles. The molecule has 1 aliphatic heterocycles. The number of amides is 3. The van der Waals surface area contributed by atoms with Crippen molar-refractivity contribution in [2.45, 2.75) is 12.5 Å². The molecule has 3 rings (SSSR count). The van der Waals surface area contributed by atoms with Crippen molar-refractivity contribution >= 4 is 39.2 Å². The van der Waals surface area contributed by atoms with Gasteiger partial charge in [0.2, 0.25) is 5.91 Å². The summed E-state index contributed by atoms with van der Waals surface area (Å²) in [6.07, 6.45) is 0.599. The molecule has 0 spiro atoms. The third-order valence-corrected chi connectivity index (χ3v) is 4.21. The average molecular weight is 374 g/mol. The van der Waals surface area contributed by atoms with Crippen LogP contribution in [0, 0.1) is 0 Å². The van der Waals surface area contributed by atoms with E-state index in [2.05, 4.69) is 26.6 Å². The van der Waals surface area contributed by atoms with Gasteiger partial charge in [0.1, 0.15) is 6.04 Å². The molecule has 2 aromatic rings. The first-order valence-electron chi connectivity index (χ1n) is 7.33. The van der Waals surface area contributed by atoms with Gasteiger partial charge in [0.15, 0.2) is 0 Å². The van der Waals surface area contributed by atoms with Crippen LogP contribution in [0.25, 0.3) is 0 Å². The second-order valence-electron chi connectivity index (χ2n) is 5.27. The molecule has 6 heteroatoms. The van der Waals surface area contributed by atoms with E-state index in [4.69, 9.17) is 0 Å². The molecule has 0 unspecified atom stereocenters. The van der Waals surface area contributed by atoms with E-state index in [1.165, 1.54) is 0 Å². The van der Waals surface area contributed by atoms with Crippen LogP contribution in [0.2, 0.25) is 0 Å². The number of para-hydroxylation sites is 1. The van der Waals surface area contributed by atoms with Gasteiger partial charge in [-0.05, 0) is 42.8 Å². The minimum atomic E-state index is -0.495. The molecule has 1 heterocycles. The van der Waals surface area contributed by atoms with Gasteiger partial charge in [0.25, 0.3) is 0 Å².